The fourth-order valence-corrected chi connectivity index (χ4v) is 3.08. The topological polar surface area (TPSA) is 93.2 Å². The molecule has 7 nitrogen and oxygen atoms in total. The number of para-hydroxylation sites is 2. The van der Waals surface area contributed by atoms with Crippen molar-refractivity contribution in [1.82, 2.24) is 19.9 Å². The smallest absolute Gasteiger partial charge is 0.226 e. The van der Waals surface area contributed by atoms with E-state index in [4.69, 9.17) is 9.47 Å². The first-order chi connectivity index (χ1) is 15.1. The fourth-order valence-electron chi connectivity index (χ4n) is 3.08. The molecule has 2 aromatic heterocycles. The quantitative estimate of drug-likeness (QED) is 0.413. The Morgan fingerprint density at radius 3 is 1.87 bits per heavy atom. The predicted molar refractivity (Wildman–Crippen MR) is 117 cm³/mol. The summed E-state index contributed by atoms with van der Waals surface area (Å²) in [6, 6.07) is 20.4. The second kappa shape index (κ2) is 9.40. The van der Waals surface area contributed by atoms with Gasteiger partial charge in [-0.05, 0) is 30.2 Å². The summed E-state index contributed by atoms with van der Waals surface area (Å²) in [5.41, 5.74) is 1.03. The molecule has 2 heterocycles. The molecule has 4 rings (SSSR count). The Morgan fingerprint density at radius 2 is 1.39 bits per heavy atom. The van der Waals surface area contributed by atoms with Gasteiger partial charge >= 0.3 is 0 Å². The second-order valence-electron chi connectivity index (χ2n) is 7.46. The Balaban J connectivity index is 1.74. The number of hydrogen-bond acceptors (Lipinski definition) is 6. The zero-order valence-electron chi connectivity index (χ0n) is 17.4. The lowest BCUT2D eigenvalue weighted by Gasteiger charge is -2.10. The number of aromatic amines is 1. The molecule has 7 heteroatoms. The minimum atomic E-state index is -0.206. The molecular weight excluding hydrogens is 392 g/mol. The van der Waals surface area contributed by atoms with Crippen molar-refractivity contribution < 1.29 is 14.6 Å². The molecule has 0 spiro atoms. The molecule has 2 aromatic carbocycles. The lowest BCUT2D eigenvalue weighted by molar-refractivity contribution is 0.277. The van der Waals surface area contributed by atoms with Crippen LogP contribution < -0.4 is 9.47 Å². The molecule has 0 aliphatic carbocycles. The summed E-state index contributed by atoms with van der Waals surface area (Å²) in [5, 5.41) is 9.85. The van der Waals surface area contributed by atoms with Crippen LogP contribution in [0.1, 0.15) is 25.4 Å². The van der Waals surface area contributed by atoms with E-state index in [1.807, 2.05) is 60.7 Å². The van der Waals surface area contributed by atoms with Gasteiger partial charge in [0.15, 0.2) is 5.82 Å². The van der Waals surface area contributed by atoms with Crippen molar-refractivity contribution in [1.29, 1.82) is 0 Å². The summed E-state index contributed by atoms with van der Waals surface area (Å²) >= 11 is 0. The summed E-state index contributed by atoms with van der Waals surface area (Å²) in [5.74, 6) is 3.42. The first kappa shape index (κ1) is 20.6. The SMILES string of the molecule is CC(C)Cc1nc(-c2nc(Oc3ccccc3)cc(Oc3ccccc3)n2)c(CO)[nH]1. The maximum Gasteiger partial charge on any atom is 0.226 e. The molecule has 2 N–H and O–H groups in total. The van der Waals surface area contributed by atoms with Crippen LogP contribution in [0.25, 0.3) is 11.5 Å². The summed E-state index contributed by atoms with van der Waals surface area (Å²) in [6.45, 7) is 4.01. The van der Waals surface area contributed by atoms with Crippen LogP contribution in [-0.2, 0) is 13.0 Å². The van der Waals surface area contributed by atoms with Gasteiger partial charge in [-0.15, -0.1) is 0 Å². The predicted octanol–water partition coefficient (Wildman–Crippen LogP) is 5.14. The molecule has 0 aliphatic heterocycles. The van der Waals surface area contributed by atoms with Crippen LogP contribution in [0.2, 0.25) is 0 Å². The molecule has 31 heavy (non-hydrogen) atoms. The number of aliphatic hydroxyl groups is 1. The van der Waals surface area contributed by atoms with Gasteiger partial charge in [-0.2, -0.15) is 9.97 Å². The van der Waals surface area contributed by atoms with Crippen LogP contribution in [0.15, 0.2) is 66.7 Å². The van der Waals surface area contributed by atoms with Gasteiger partial charge < -0.3 is 19.6 Å². The van der Waals surface area contributed by atoms with E-state index in [9.17, 15) is 5.11 Å². The first-order valence-corrected chi connectivity index (χ1v) is 10.1. The summed E-state index contributed by atoms with van der Waals surface area (Å²) in [4.78, 5) is 16.9. The average molecular weight is 416 g/mol. The molecule has 0 radical (unpaired) electrons. The number of rotatable bonds is 8. The monoisotopic (exact) mass is 416 g/mol. The number of ether oxygens (including phenoxy) is 2. The average Bonchev–Trinajstić information content (AvgIpc) is 3.17. The van der Waals surface area contributed by atoms with Gasteiger partial charge in [-0.25, -0.2) is 4.98 Å². The summed E-state index contributed by atoms with van der Waals surface area (Å²) in [7, 11) is 0. The van der Waals surface area contributed by atoms with E-state index in [0.717, 1.165) is 12.2 Å². The normalized spacial score (nSPS) is 11.0. The Bertz CT molecular complexity index is 1070. The Hall–Kier alpha value is -3.71. The molecule has 0 unspecified atom stereocenters. The van der Waals surface area contributed by atoms with Crippen molar-refractivity contribution in [3.8, 4) is 34.8 Å². The van der Waals surface area contributed by atoms with Gasteiger partial charge in [0.1, 0.15) is 23.0 Å². The van der Waals surface area contributed by atoms with E-state index in [0.29, 0.717) is 46.4 Å². The zero-order valence-corrected chi connectivity index (χ0v) is 17.4. The van der Waals surface area contributed by atoms with E-state index in [1.165, 1.54) is 0 Å². The summed E-state index contributed by atoms with van der Waals surface area (Å²) < 4.78 is 11.9. The third kappa shape index (κ3) is 5.26. The second-order valence-corrected chi connectivity index (χ2v) is 7.46. The number of nitrogens with zero attached hydrogens (tertiary/aromatic N) is 3. The fraction of sp³-hybridized carbons (Fsp3) is 0.208. The zero-order chi connectivity index (χ0) is 21.6. The van der Waals surface area contributed by atoms with Crippen molar-refractivity contribution in [2.75, 3.05) is 0 Å². The minimum absolute atomic E-state index is 0.206. The number of hydrogen-bond donors (Lipinski definition) is 2. The number of H-pyrrole nitrogens is 1. The molecule has 0 atom stereocenters. The van der Waals surface area contributed by atoms with Crippen LogP contribution in [0.3, 0.4) is 0 Å². The third-order valence-electron chi connectivity index (χ3n) is 4.41. The maximum absolute atomic E-state index is 9.85. The number of imidazole rings is 1. The van der Waals surface area contributed by atoms with Gasteiger partial charge in [0.25, 0.3) is 0 Å². The molecule has 0 amide bonds. The largest absolute Gasteiger partial charge is 0.439 e. The Morgan fingerprint density at radius 1 is 0.839 bits per heavy atom. The third-order valence-corrected chi connectivity index (χ3v) is 4.41. The van der Waals surface area contributed by atoms with Crippen molar-refractivity contribution in [2.24, 2.45) is 5.92 Å². The maximum atomic E-state index is 9.85. The number of benzene rings is 2. The number of nitrogens with one attached hydrogen (secondary N) is 1. The van der Waals surface area contributed by atoms with Gasteiger partial charge in [0, 0.05) is 6.42 Å². The lowest BCUT2D eigenvalue weighted by atomic mass is 10.1. The van der Waals surface area contributed by atoms with Crippen LogP contribution in [0.5, 0.6) is 23.3 Å². The van der Waals surface area contributed by atoms with Gasteiger partial charge in [-0.3, -0.25) is 0 Å². The Labute approximate surface area is 180 Å². The van der Waals surface area contributed by atoms with Crippen molar-refractivity contribution in [2.45, 2.75) is 26.9 Å². The minimum Gasteiger partial charge on any atom is -0.439 e. The molecule has 0 bridgehead atoms. The van der Waals surface area contributed by atoms with E-state index >= 15 is 0 Å². The first-order valence-electron chi connectivity index (χ1n) is 10.1. The van der Waals surface area contributed by atoms with E-state index in [-0.39, 0.29) is 6.61 Å². The molecule has 4 aromatic rings. The van der Waals surface area contributed by atoms with E-state index < -0.39 is 0 Å². The number of aromatic nitrogens is 4. The molecule has 0 saturated carbocycles. The molecule has 0 saturated heterocycles. The number of aliphatic hydroxyl groups excluding tert-OH is 1. The molecular formula is C24H24N4O3. The summed E-state index contributed by atoms with van der Waals surface area (Å²) in [6.07, 6.45) is 0.751. The van der Waals surface area contributed by atoms with Crippen LogP contribution in [-0.4, -0.2) is 25.0 Å². The highest BCUT2D eigenvalue weighted by Crippen LogP contribution is 2.29. The standard InChI is InChI=1S/C24H24N4O3/c1-16(2)13-20-25-19(15-29)23(26-20)24-27-21(30-17-9-5-3-6-10-17)14-22(28-24)31-18-11-7-4-8-12-18/h3-12,14,16,29H,13,15H2,1-2H3,(H,25,26). The molecule has 158 valence electrons. The van der Waals surface area contributed by atoms with Crippen LogP contribution in [0.4, 0.5) is 0 Å². The highest BCUT2D eigenvalue weighted by atomic mass is 16.5. The Kier molecular flexibility index (Phi) is 6.24. The molecule has 0 fully saturated rings. The van der Waals surface area contributed by atoms with Crippen molar-refractivity contribution in [3.63, 3.8) is 0 Å². The van der Waals surface area contributed by atoms with Crippen molar-refractivity contribution in [3.05, 3.63) is 78.2 Å². The lowest BCUT2D eigenvalue weighted by Crippen LogP contribution is -1.99. The van der Waals surface area contributed by atoms with Crippen LogP contribution in [0, 0.1) is 5.92 Å². The van der Waals surface area contributed by atoms with Gasteiger partial charge in [-0.1, -0.05) is 50.2 Å². The van der Waals surface area contributed by atoms with Crippen molar-refractivity contribution >= 4 is 0 Å². The highest BCUT2D eigenvalue weighted by molar-refractivity contribution is 5.55. The van der Waals surface area contributed by atoms with Gasteiger partial charge in [0.05, 0.1) is 18.4 Å². The van der Waals surface area contributed by atoms with Crippen LogP contribution >= 0.6 is 0 Å². The molecule has 0 aliphatic rings. The highest BCUT2D eigenvalue weighted by Gasteiger charge is 2.18. The van der Waals surface area contributed by atoms with E-state index in [2.05, 4.69) is 33.8 Å². The van der Waals surface area contributed by atoms with Gasteiger partial charge in [0.2, 0.25) is 11.8 Å². The van der Waals surface area contributed by atoms with E-state index in [1.54, 1.807) is 6.07 Å².